The molecule has 0 radical (unpaired) electrons. The fourth-order valence-corrected chi connectivity index (χ4v) is 5.18. The molecular weight excluding hydrogens is 452 g/mol. The first kappa shape index (κ1) is 24.2. The predicted octanol–water partition coefficient (Wildman–Crippen LogP) is 4.51. The Kier molecular flexibility index (Phi) is 8.28. The minimum atomic E-state index is -3.66. The Morgan fingerprint density at radius 2 is 1.69 bits per heavy atom. The molecule has 1 saturated heterocycles. The van der Waals surface area contributed by atoms with E-state index in [0.717, 1.165) is 25.7 Å². The highest BCUT2D eigenvalue weighted by Gasteiger charge is 2.26. The molecule has 0 spiro atoms. The summed E-state index contributed by atoms with van der Waals surface area (Å²) in [6.45, 7) is 2.48. The zero-order valence-corrected chi connectivity index (χ0v) is 19.5. The summed E-state index contributed by atoms with van der Waals surface area (Å²) < 4.78 is 33.0. The van der Waals surface area contributed by atoms with Crippen LogP contribution in [0.1, 0.15) is 49.4 Å². The minimum absolute atomic E-state index is 0.0268. The van der Waals surface area contributed by atoms with Crippen LogP contribution in [-0.2, 0) is 14.8 Å². The number of ketones is 1. The molecule has 1 fully saturated rings. The van der Waals surface area contributed by atoms with Crippen LogP contribution in [0.15, 0.2) is 47.4 Å². The second-order valence-corrected chi connectivity index (χ2v) is 9.94. The van der Waals surface area contributed by atoms with Gasteiger partial charge in [-0.2, -0.15) is 4.31 Å². The van der Waals surface area contributed by atoms with Crippen molar-refractivity contribution < 1.29 is 22.7 Å². The van der Waals surface area contributed by atoms with Crippen molar-refractivity contribution in [2.75, 3.05) is 25.0 Å². The summed E-state index contributed by atoms with van der Waals surface area (Å²) in [7, 11) is -3.66. The van der Waals surface area contributed by atoms with E-state index in [1.54, 1.807) is 31.2 Å². The maximum atomic E-state index is 13.0. The third kappa shape index (κ3) is 6.09. The van der Waals surface area contributed by atoms with E-state index in [0.29, 0.717) is 30.8 Å². The summed E-state index contributed by atoms with van der Waals surface area (Å²) in [5, 5.41) is 2.85. The number of benzene rings is 2. The van der Waals surface area contributed by atoms with Crippen LogP contribution in [0.5, 0.6) is 5.75 Å². The van der Waals surface area contributed by atoms with Gasteiger partial charge in [0, 0.05) is 25.1 Å². The standard InChI is InChI=1S/C23H27ClN2O5S/c1-2-22(27)17-7-9-18(10-8-17)31-16-23(28)25-21-15-19(11-12-20(21)24)32(29,30)26-13-5-3-4-6-14-26/h7-12,15H,2-6,13-14,16H2,1H3,(H,25,28). The Balaban J connectivity index is 1.65. The van der Waals surface area contributed by atoms with E-state index < -0.39 is 15.9 Å². The van der Waals surface area contributed by atoms with Gasteiger partial charge in [-0.15, -0.1) is 0 Å². The summed E-state index contributed by atoms with van der Waals surface area (Å²) in [6.07, 6.45) is 4.12. The summed E-state index contributed by atoms with van der Waals surface area (Å²) in [5.41, 5.74) is 0.790. The highest BCUT2D eigenvalue weighted by Crippen LogP contribution is 2.28. The monoisotopic (exact) mass is 478 g/mol. The van der Waals surface area contributed by atoms with Gasteiger partial charge < -0.3 is 10.1 Å². The number of sulfonamides is 1. The van der Waals surface area contributed by atoms with Gasteiger partial charge >= 0.3 is 0 Å². The van der Waals surface area contributed by atoms with Crippen molar-refractivity contribution in [1.29, 1.82) is 0 Å². The van der Waals surface area contributed by atoms with Crippen LogP contribution in [0, 0.1) is 0 Å². The Bertz CT molecular complexity index is 1060. The maximum absolute atomic E-state index is 13.0. The molecule has 3 rings (SSSR count). The summed E-state index contributed by atoms with van der Waals surface area (Å²) >= 11 is 6.18. The first-order valence-electron chi connectivity index (χ1n) is 10.7. The number of rotatable bonds is 8. The molecule has 0 unspecified atom stereocenters. The number of anilines is 1. The lowest BCUT2D eigenvalue weighted by molar-refractivity contribution is -0.118. The molecule has 1 aliphatic heterocycles. The second kappa shape index (κ2) is 10.9. The molecule has 7 nitrogen and oxygen atoms in total. The van der Waals surface area contributed by atoms with Gasteiger partial charge in [0.1, 0.15) is 5.75 Å². The van der Waals surface area contributed by atoms with Gasteiger partial charge in [0.2, 0.25) is 10.0 Å². The van der Waals surface area contributed by atoms with Gasteiger partial charge in [-0.25, -0.2) is 8.42 Å². The molecule has 1 heterocycles. The highest BCUT2D eigenvalue weighted by molar-refractivity contribution is 7.89. The molecule has 0 aliphatic carbocycles. The molecule has 9 heteroatoms. The molecular formula is C23H27ClN2O5S. The Hall–Kier alpha value is -2.42. The minimum Gasteiger partial charge on any atom is -0.484 e. The van der Waals surface area contributed by atoms with Crippen LogP contribution in [0.25, 0.3) is 0 Å². The lowest BCUT2D eigenvalue weighted by atomic mass is 10.1. The molecule has 172 valence electrons. The zero-order chi connectivity index (χ0) is 23.1. The van der Waals surface area contributed by atoms with Crippen molar-refractivity contribution in [1.82, 2.24) is 4.31 Å². The molecule has 0 bridgehead atoms. The number of halogens is 1. The maximum Gasteiger partial charge on any atom is 0.262 e. The van der Waals surface area contributed by atoms with Gasteiger partial charge in [0.15, 0.2) is 12.4 Å². The average Bonchev–Trinajstić information content (AvgIpc) is 3.09. The number of carbonyl (C=O) groups is 2. The number of nitrogens with one attached hydrogen (secondary N) is 1. The smallest absolute Gasteiger partial charge is 0.262 e. The van der Waals surface area contributed by atoms with Crippen LogP contribution in [-0.4, -0.2) is 44.1 Å². The molecule has 2 aromatic carbocycles. The SMILES string of the molecule is CCC(=O)c1ccc(OCC(=O)Nc2cc(S(=O)(=O)N3CCCCCC3)ccc2Cl)cc1. The highest BCUT2D eigenvalue weighted by atomic mass is 35.5. The zero-order valence-electron chi connectivity index (χ0n) is 18.0. The second-order valence-electron chi connectivity index (χ2n) is 7.60. The van der Waals surface area contributed by atoms with Crippen LogP contribution < -0.4 is 10.1 Å². The van der Waals surface area contributed by atoms with E-state index in [4.69, 9.17) is 16.3 Å². The number of ether oxygens (including phenoxy) is 1. The van der Waals surface area contributed by atoms with E-state index in [1.165, 1.54) is 22.5 Å². The largest absolute Gasteiger partial charge is 0.484 e. The van der Waals surface area contributed by atoms with Crippen LogP contribution >= 0.6 is 11.6 Å². The van der Waals surface area contributed by atoms with Gasteiger partial charge in [0.25, 0.3) is 5.91 Å². The first-order chi connectivity index (χ1) is 15.3. The number of Topliss-reactive ketones (excluding diaryl/α,β-unsaturated/α-hetero) is 1. The average molecular weight is 479 g/mol. The third-order valence-corrected chi connectivity index (χ3v) is 7.51. The van der Waals surface area contributed by atoms with Crippen molar-refractivity contribution in [2.45, 2.75) is 43.9 Å². The van der Waals surface area contributed by atoms with E-state index in [-0.39, 0.29) is 28.0 Å². The summed E-state index contributed by atoms with van der Waals surface area (Å²) in [6, 6.07) is 10.8. The van der Waals surface area contributed by atoms with Crippen molar-refractivity contribution >= 4 is 39.0 Å². The fourth-order valence-electron chi connectivity index (χ4n) is 3.47. The third-order valence-electron chi connectivity index (χ3n) is 5.28. The van der Waals surface area contributed by atoms with Crippen molar-refractivity contribution in [3.05, 3.63) is 53.1 Å². The molecule has 1 amide bonds. The van der Waals surface area contributed by atoms with E-state index in [1.807, 2.05) is 0 Å². The number of hydrogen-bond donors (Lipinski definition) is 1. The summed E-state index contributed by atoms with van der Waals surface area (Å²) in [5.74, 6) is -0.0136. The number of hydrogen-bond acceptors (Lipinski definition) is 5. The fraction of sp³-hybridized carbons (Fsp3) is 0.391. The Morgan fingerprint density at radius 3 is 2.31 bits per heavy atom. The van der Waals surface area contributed by atoms with Gasteiger partial charge in [0.05, 0.1) is 15.6 Å². The quantitative estimate of drug-likeness (QED) is 0.563. The molecule has 32 heavy (non-hydrogen) atoms. The molecule has 2 aromatic rings. The lowest BCUT2D eigenvalue weighted by Crippen LogP contribution is -2.32. The van der Waals surface area contributed by atoms with Crippen LogP contribution in [0.3, 0.4) is 0 Å². The number of nitrogens with zero attached hydrogens (tertiary/aromatic N) is 1. The lowest BCUT2D eigenvalue weighted by Gasteiger charge is -2.20. The molecule has 1 aliphatic rings. The van der Waals surface area contributed by atoms with Crippen LogP contribution in [0.4, 0.5) is 5.69 Å². The van der Waals surface area contributed by atoms with Gasteiger partial charge in [-0.3, -0.25) is 9.59 Å². The van der Waals surface area contributed by atoms with Crippen molar-refractivity contribution in [3.8, 4) is 5.75 Å². The predicted molar refractivity (Wildman–Crippen MR) is 124 cm³/mol. The van der Waals surface area contributed by atoms with E-state index in [9.17, 15) is 18.0 Å². The topological polar surface area (TPSA) is 92.8 Å². The van der Waals surface area contributed by atoms with Crippen molar-refractivity contribution in [2.24, 2.45) is 0 Å². The van der Waals surface area contributed by atoms with Crippen molar-refractivity contribution in [3.63, 3.8) is 0 Å². The van der Waals surface area contributed by atoms with Gasteiger partial charge in [-0.05, 0) is 55.3 Å². The van der Waals surface area contributed by atoms with E-state index in [2.05, 4.69) is 5.32 Å². The van der Waals surface area contributed by atoms with E-state index >= 15 is 0 Å². The number of carbonyl (C=O) groups excluding carboxylic acids is 2. The molecule has 1 N–H and O–H groups in total. The first-order valence-corrected chi connectivity index (χ1v) is 12.5. The van der Waals surface area contributed by atoms with Crippen LogP contribution in [0.2, 0.25) is 5.02 Å². The summed E-state index contributed by atoms with van der Waals surface area (Å²) in [4.78, 5) is 24.1. The number of amides is 1. The van der Waals surface area contributed by atoms with Gasteiger partial charge in [-0.1, -0.05) is 31.4 Å². The molecule has 0 saturated carbocycles. The molecule has 0 atom stereocenters. The molecule has 0 aromatic heterocycles. The Morgan fingerprint density at radius 1 is 1.03 bits per heavy atom. The Labute approximate surface area is 193 Å². The normalized spacial score (nSPS) is 15.1.